The minimum Gasteiger partial charge on any atom is -0.372 e. The van der Waals surface area contributed by atoms with E-state index < -0.39 is 0 Å². The molecule has 78 valence electrons. The summed E-state index contributed by atoms with van der Waals surface area (Å²) in [4.78, 5) is 0. The fraction of sp³-hybridized carbons (Fsp3) is 0.636. The SMILES string of the molecule is CCC1CCOC(c2ccsc2)CN1. The summed E-state index contributed by atoms with van der Waals surface area (Å²) >= 11 is 1.74. The van der Waals surface area contributed by atoms with E-state index in [1.807, 2.05) is 0 Å². The van der Waals surface area contributed by atoms with Crippen LogP contribution in [0.2, 0.25) is 0 Å². The Kier molecular flexibility index (Phi) is 3.56. The predicted octanol–water partition coefficient (Wildman–Crippen LogP) is 2.58. The second-order valence-electron chi connectivity index (χ2n) is 3.72. The Morgan fingerprint density at radius 1 is 1.64 bits per heavy atom. The predicted molar refractivity (Wildman–Crippen MR) is 59.7 cm³/mol. The molecule has 0 radical (unpaired) electrons. The highest BCUT2D eigenvalue weighted by atomic mass is 32.1. The molecule has 2 heterocycles. The van der Waals surface area contributed by atoms with E-state index in [0.717, 1.165) is 19.6 Å². The van der Waals surface area contributed by atoms with E-state index in [4.69, 9.17) is 4.74 Å². The fourth-order valence-corrected chi connectivity index (χ4v) is 2.51. The zero-order valence-corrected chi connectivity index (χ0v) is 9.35. The van der Waals surface area contributed by atoms with Crippen LogP contribution in [0.3, 0.4) is 0 Å². The maximum Gasteiger partial charge on any atom is 0.0957 e. The number of rotatable bonds is 2. The summed E-state index contributed by atoms with van der Waals surface area (Å²) in [7, 11) is 0. The molecule has 0 bridgehead atoms. The molecule has 1 aromatic heterocycles. The van der Waals surface area contributed by atoms with Crippen molar-refractivity contribution < 1.29 is 4.74 Å². The first kappa shape index (κ1) is 10.1. The van der Waals surface area contributed by atoms with Crippen LogP contribution in [-0.4, -0.2) is 19.2 Å². The molecule has 3 heteroatoms. The van der Waals surface area contributed by atoms with Crippen molar-refractivity contribution in [2.45, 2.75) is 31.9 Å². The lowest BCUT2D eigenvalue weighted by Crippen LogP contribution is -2.29. The van der Waals surface area contributed by atoms with Crippen molar-refractivity contribution in [3.05, 3.63) is 22.4 Å². The first-order valence-corrected chi connectivity index (χ1v) is 6.21. The van der Waals surface area contributed by atoms with Crippen molar-refractivity contribution in [3.63, 3.8) is 0 Å². The number of thiophene rings is 1. The summed E-state index contributed by atoms with van der Waals surface area (Å²) in [5.41, 5.74) is 1.32. The summed E-state index contributed by atoms with van der Waals surface area (Å²) in [6.07, 6.45) is 2.59. The Hall–Kier alpha value is -0.380. The quantitative estimate of drug-likeness (QED) is 0.812. The van der Waals surface area contributed by atoms with Gasteiger partial charge in [0.05, 0.1) is 6.10 Å². The molecule has 14 heavy (non-hydrogen) atoms. The van der Waals surface area contributed by atoms with E-state index in [9.17, 15) is 0 Å². The molecule has 1 saturated heterocycles. The Morgan fingerprint density at radius 2 is 2.57 bits per heavy atom. The average Bonchev–Trinajstić information content (AvgIpc) is 2.63. The van der Waals surface area contributed by atoms with Gasteiger partial charge in [0.15, 0.2) is 0 Å². The third kappa shape index (κ3) is 2.35. The zero-order chi connectivity index (χ0) is 9.80. The van der Waals surface area contributed by atoms with Gasteiger partial charge >= 0.3 is 0 Å². The number of nitrogens with one attached hydrogen (secondary N) is 1. The first-order chi connectivity index (χ1) is 6.90. The maximum absolute atomic E-state index is 5.82. The summed E-state index contributed by atoms with van der Waals surface area (Å²) in [5, 5.41) is 7.84. The lowest BCUT2D eigenvalue weighted by molar-refractivity contribution is 0.0666. The molecule has 0 amide bonds. The van der Waals surface area contributed by atoms with Crippen molar-refractivity contribution in [1.82, 2.24) is 5.32 Å². The van der Waals surface area contributed by atoms with Gasteiger partial charge in [-0.3, -0.25) is 0 Å². The van der Waals surface area contributed by atoms with Crippen molar-refractivity contribution >= 4 is 11.3 Å². The fourth-order valence-electron chi connectivity index (χ4n) is 1.81. The average molecular weight is 211 g/mol. The zero-order valence-electron chi connectivity index (χ0n) is 8.53. The van der Waals surface area contributed by atoms with Crippen LogP contribution in [0, 0.1) is 0 Å². The summed E-state index contributed by atoms with van der Waals surface area (Å²) in [6, 6.07) is 2.79. The first-order valence-electron chi connectivity index (χ1n) is 5.27. The molecule has 0 aromatic carbocycles. The van der Waals surface area contributed by atoms with Gasteiger partial charge in [-0.15, -0.1) is 0 Å². The highest BCUT2D eigenvalue weighted by molar-refractivity contribution is 7.07. The monoisotopic (exact) mass is 211 g/mol. The number of hydrogen-bond donors (Lipinski definition) is 1. The van der Waals surface area contributed by atoms with E-state index in [-0.39, 0.29) is 6.10 Å². The van der Waals surface area contributed by atoms with Crippen molar-refractivity contribution in [2.24, 2.45) is 0 Å². The second-order valence-corrected chi connectivity index (χ2v) is 4.50. The van der Waals surface area contributed by atoms with Gasteiger partial charge in [-0.25, -0.2) is 0 Å². The Balaban J connectivity index is 1.96. The molecule has 2 unspecified atom stereocenters. The van der Waals surface area contributed by atoms with Crippen LogP contribution < -0.4 is 5.32 Å². The molecule has 0 aliphatic carbocycles. The molecule has 2 rings (SSSR count). The lowest BCUT2D eigenvalue weighted by atomic mass is 10.1. The van der Waals surface area contributed by atoms with Crippen LogP contribution in [0.15, 0.2) is 16.8 Å². The third-order valence-electron chi connectivity index (χ3n) is 2.79. The van der Waals surface area contributed by atoms with Crippen LogP contribution in [0.4, 0.5) is 0 Å². The molecule has 1 fully saturated rings. The highest BCUT2D eigenvalue weighted by Gasteiger charge is 2.18. The Labute approximate surface area is 89.3 Å². The van der Waals surface area contributed by atoms with Gasteiger partial charge in [0.2, 0.25) is 0 Å². The van der Waals surface area contributed by atoms with Gasteiger partial charge in [0, 0.05) is 19.2 Å². The molecular formula is C11H17NOS. The van der Waals surface area contributed by atoms with Crippen LogP contribution in [0.1, 0.15) is 31.4 Å². The lowest BCUT2D eigenvalue weighted by Gasteiger charge is -2.14. The van der Waals surface area contributed by atoms with Crippen LogP contribution >= 0.6 is 11.3 Å². The minimum absolute atomic E-state index is 0.262. The Bertz CT molecular complexity index is 260. The summed E-state index contributed by atoms with van der Waals surface area (Å²) in [6.45, 7) is 4.06. The molecule has 1 N–H and O–H groups in total. The molecule has 0 spiro atoms. The van der Waals surface area contributed by atoms with Gasteiger partial charge in [0.1, 0.15) is 0 Å². The van der Waals surface area contributed by atoms with Gasteiger partial charge in [-0.2, -0.15) is 11.3 Å². The largest absolute Gasteiger partial charge is 0.372 e. The normalized spacial score (nSPS) is 28.6. The topological polar surface area (TPSA) is 21.3 Å². The molecule has 0 saturated carbocycles. The molecule has 2 nitrogen and oxygen atoms in total. The van der Waals surface area contributed by atoms with Gasteiger partial charge < -0.3 is 10.1 Å². The summed E-state index contributed by atoms with van der Waals surface area (Å²) < 4.78 is 5.82. The molecular weight excluding hydrogens is 194 g/mol. The molecule has 1 aliphatic rings. The molecule has 2 atom stereocenters. The van der Waals surface area contributed by atoms with E-state index in [0.29, 0.717) is 6.04 Å². The third-order valence-corrected chi connectivity index (χ3v) is 3.49. The minimum atomic E-state index is 0.262. The molecule has 1 aromatic rings. The maximum atomic E-state index is 5.82. The van der Waals surface area contributed by atoms with Crippen molar-refractivity contribution in [3.8, 4) is 0 Å². The van der Waals surface area contributed by atoms with E-state index in [1.54, 1.807) is 11.3 Å². The highest BCUT2D eigenvalue weighted by Crippen LogP contribution is 2.22. The van der Waals surface area contributed by atoms with Gasteiger partial charge in [-0.05, 0) is 35.2 Å². The standard InChI is InChI=1S/C11H17NOS/c1-2-10-3-5-13-11(7-12-10)9-4-6-14-8-9/h4,6,8,10-12H,2-3,5,7H2,1H3. The van der Waals surface area contributed by atoms with E-state index in [2.05, 4.69) is 29.1 Å². The molecule has 1 aliphatic heterocycles. The van der Waals surface area contributed by atoms with Gasteiger partial charge in [-0.1, -0.05) is 6.92 Å². The van der Waals surface area contributed by atoms with Crippen LogP contribution in [-0.2, 0) is 4.74 Å². The number of ether oxygens (including phenoxy) is 1. The van der Waals surface area contributed by atoms with Crippen molar-refractivity contribution in [1.29, 1.82) is 0 Å². The second kappa shape index (κ2) is 4.91. The number of hydrogen-bond acceptors (Lipinski definition) is 3. The Morgan fingerprint density at radius 3 is 3.29 bits per heavy atom. The summed E-state index contributed by atoms with van der Waals surface area (Å²) in [5.74, 6) is 0. The van der Waals surface area contributed by atoms with Crippen LogP contribution in [0.5, 0.6) is 0 Å². The van der Waals surface area contributed by atoms with Crippen LogP contribution in [0.25, 0.3) is 0 Å². The van der Waals surface area contributed by atoms with E-state index in [1.165, 1.54) is 12.0 Å². The van der Waals surface area contributed by atoms with E-state index >= 15 is 0 Å². The van der Waals surface area contributed by atoms with Gasteiger partial charge in [0.25, 0.3) is 0 Å². The smallest absolute Gasteiger partial charge is 0.0957 e. The van der Waals surface area contributed by atoms with Crippen molar-refractivity contribution in [2.75, 3.05) is 13.2 Å².